The van der Waals surface area contributed by atoms with E-state index in [1.54, 1.807) is 7.11 Å². The molecule has 5 nitrogen and oxygen atoms in total. The highest BCUT2D eigenvalue weighted by atomic mass is 32.1. The van der Waals surface area contributed by atoms with Crippen molar-refractivity contribution < 1.29 is 4.74 Å². The predicted molar refractivity (Wildman–Crippen MR) is 120 cm³/mol. The fourth-order valence-electron chi connectivity index (χ4n) is 5.10. The van der Waals surface area contributed by atoms with E-state index in [0.29, 0.717) is 12.6 Å². The Balaban J connectivity index is 1.76. The minimum absolute atomic E-state index is 0.0713. The Labute approximate surface area is 179 Å². The van der Waals surface area contributed by atoms with Crippen LogP contribution in [0.4, 0.5) is 0 Å². The van der Waals surface area contributed by atoms with Crippen LogP contribution in [0.3, 0.4) is 0 Å². The number of methoxy groups -OCH3 is 1. The molecule has 29 heavy (non-hydrogen) atoms. The molecule has 2 aromatic rings. The van der Waals surface area contributed by atoms with Gasteiger partial charge in [0.25, 0.3) is 0 Å². The van der Waals surface area contributed by atoms with Crippen LogP contribution in [0, 0.1) is 13.8 Å². The minimum Gasteiger partial charge on any atom is -0.383 e. The van der Waals surface area contributed by atoms with Crippen LogP contribution in [-0.2, 0) is 11.3 Å². The minimum atomic E-state index is 0.0713. The highest BCUT2D eigenvalue weighted by Gasteiger charge is 2.44. The number of nitrogens with zero attached hydrogens (tertiary/aromatic N) is 3. The third kappa shape index (κ3) is 3.92. The topological polar surface area (TPSA) is 42.3 Å². The Morgan fingerprint density at radius 2 is 2.00 bits per heavy atom. The summed E-state index contributed by atoms with van der Waals surface area (Å²) in [5.41, 5.74) is 4.99. The van der Waals surface area contributed by atoms with Gasteiger partial charge in [0.15, 0.2) is 5.11 Å². The van der Waals surface area contributed by atoms with Crippen LogP contribution < -0.4 is 5.32 Å². The summed E-state index contributed by atoms with van der Waals surface area (Å²) in [5, 5.41) is 4.50. The molecule has 6 heteroatoms. The molecule has 0 aromatic carbocycles. The molecule has 2 atom stereocenters. The van der Waals surface area contributed by atoms with Crippen molar-refractivity contribution in [2.45, 2.75) is 70.6 Å². The molecule has 1 saturated carbocycles. The van der Waals surface area contributed by atoms with E-state index in [1.807, 2.05) is 12.3 Å². The van der Waals surface area contributed by atoms with Gasteiger partial charge in [0.1, 0.15) is 0 Å². The van der Waals surface area contributed by atoms with Gasteiger partial charge in [0.2, 0.25) is 0 Å². The first-order valence-electron chi connectivity index (χ1n) is 10.8. The van der Waals surface area contributed by atoms with Crippen LogP contribution in [0.15, 0.2) is 30.5 Å². The highest BCUT2D eigenvalue weighted by Crippen LogP contribution is 2.44. The lowest BCUT2D eigenvalue weighted by molar-refractivity contribution is 0.185. The lowest BCUT2D eigenvalue weighted by Gasteiger charge is -2.37. The highest BCUT2D eigenvalue weighted by molar-refractivity contribution is 7.80. The van der Waals surface area contributed by atoms with E-state index in [-0.39, 0.29) is 12.1 Å². The van der Waals surface area contributed by atoms with Gasteiger partial charge in [0.05, 0.1) is 24.4 Å². The molecule has 1 aliphatic carbocycles. The van der Waals surface area contributed by atoms with Crippen molar-refractivity contribution in [3.8, 4) is 0 Å². The molecule has 0 unspecified atom stereocenters. The summed E-state index contributed by atoms with van der Waals surface area (Å²) in [7, 11) is 1.76. The Morgan fingerprint density at radius 3 is 2.69 bits per heavy atom. The number of hydrogen-bond donors (Lipinski definition) is 1. The van der Waals surface area contributed by atoms with Gasteiger partial charge >= 0.3 is 0 Å². The zero-order chi connectivity index (χ0) is 20.4. The second kappa shape index (κ2) is 8.84. The number of rotatable bonds is 6. The molecule has 1 aliphatic heterocycles. The molecule has 3 heterocycles. The number of aromatic nitrogens is 2. The number of hydrogen-bond acceptors (Lipinski definition) is 3. The smallest absolute Gasteiger partial charge is 0.170 e. The molecule has 2 aromatic heterocycles. The van der Waals surface area contributed by atoms with E-state index < -0.39 is 0 Å². The number of thiocarbonyl (C=S) groups is 1. The maximum absolute atomic E-state index is 5.89. The average molecular weight is 413 g/mol. The normalized spacial score (nSPS) is 22.9. The summed E-state index contributed by atoms with van der Waals surface area (Å²) in [6.45, 7) is 6.01. The molecule has 2 fully saturated rings. The van der Waals surface area contributed by atoms with Gasteiger partial charge in [-0.15, -0.1) is 0 Å². The molecular weight excluding hydrogens is 380 g/mol. The Kier molecular flexibility index (Phi) is 6.20. The van der Waals surface area contributed by atoms with Crippen LogP contribution in [0.2, 0.25) is 0 Å². The van der Waals surface area contributed by atoms with Gasteiger partial charge in [-0.05, 0) is 62.7 Å². The standard InChI is InChI=1S/C23H32N4OS/c1-16-15-19(17(2)26(16)13-14-28-3)22-21(20-11-7-8-12-24-20)25-23(29)27(22)18-9-5-4-6-10-18/h7-8,11-12,15,18,21-22H,4-6,9-10,13-14H2,1-3H3,(H,25,29)/t21-,22+/m0/s1. The van der Waals surface area contributed by atoms with Crippen molar-refractivity contribution in [2.75, 3.05) is 13.7 Å². The van der Waals surface area contributed by atoms with Crippen molar-refractivity contribution in [1.82, 2.24) is 19.8 Å². The first-order chi connectivity index (χ1) is 14.1. The molecule has 0 bridgehead atoms. The second-order valence-corrected chi connectivity index (χ2v) is 8.68. The molecule has 0 spiro atoms. The van der Waals surface area contributed by atoms with E-state index in [2.05, 4.69) is 51.8 Å². The van der Waals surface area contributed by atoms with Gasteiger partial charge in [-0.1, -0.05) is 25.3 Å². The molecule has 0 radical (unpaired) electrons. The van der Waals surface area contributed by atoms with Crippen LogP contribution in [-0.4, -0.2) is 39.3 Å². The van der Waals surface area contributed by atoms with E-state index in [1.165, 1.54) is 49.1 Å². The van der Waals surface area contributed by atoms with Crippen molar-refractivity contribution in [3.05, 3.63) is 53.1 Å². The molecule has 0 amide bonds. The van der Waals surface area contributed by atoms with E-state index >= 15 is 0 Å². The van der Waals surface area contributed by atoms with Gasteiger partial charge in [0, 0.05) is 37.3 Å². The second-order valence-electron chi connectivity index (χ2n) is 8.30. The van der Waals surface area contributed by atoms with Crippen molar-refractivity contribution in [1.29, 1.82) is 0 Å². The van der Waals surface area contributed by atoms with Crippen LogP contribution in [0.1, 0.15) is 66.8 Å². The summed E-state index contributed by atoms with van der Waals surface area (Å²) in [4.78, 5) is 7.18. The molecule has 156 valence electrons. The number of nitrogens with one attached hydrogen (secondary N) is 1. The fourth-order valence-corrected chi connectivity index (χ4v) is 5.49. The lowest BCUT2D eigenvalue weighted by Crippen LogP contribution is -2.40. The fraction of sp³-hybridized carbons (Fsp3) is 0.565. The SMILES string of the molecule is COCCn1c(C)cc([C@@H]2[C@H](c3ccccn3)NC(=S)N2C2CCCCC2)c1C. The summed E-state index contributed by atoms with van der Waals surface area (Å²) in [6.07, 6.45) is 8.23. The largest absolute Gasteiger partial charge is 0.383 e. The lowest BCUT2D eigenvalue weighted by atomic mass is 9.90. The maximum Gasteiger partial charge on any atom is 0.170 e. The van der Waals surface area contributed by atoms with Crippen LogP contribution in [0.25, 0.3) is 0 Å². The van der Waals surface area contributed by atoms with Gasteiger partial charge < -0.3 is 19.5 Å². The summed E-state index contributed by atoms with van der Waals surface area (Å²) >= 11 is 5.89. The zero-order valence-electron chi connectivity index (χ0n) is 17.7. The maximum atomic E-state index is 5.89. The summed E-state index contributed by atoms with van der Waals surface area (Å²) in [5.74, 6) is 0. The average Bonchev–Trinajstić information content (AvgIpc) is 3.23. The monoisotopic (exact) mass is 412 g/mol. The Hall–Kier alpha value is -1.92. The van der Waals surface area contributed by atoms with Gasteiger partial charge in [-0.25, -0.2) is 0 Å². The third-order valence-corrected chi connectivity index (χ3v) is 6.88. The molecule has 1 N–H and O–H groups in total. The first-order valence-corrected chi connectivity index (χ1v) is 11.2. The summed E-state index contributed by atoms with van der Waals surface area (Å²) in [6, 6.07) is 9.24. The van der Waals surface area contributed by atoms with Gasteiger partial charge in [-0.3, -0.25) is 4.98 Å². The number of pyridine rings is 1. The predicted octanol–water partition coefficient (Wildman–Crippen LogP) is 4.45. The Bertz CT molecular complexity index is 844. The van der Waals surface area contributed by atoms with Crippen molar-refractivity contribution >= 4 is 17.3 Å². The van der Waals surface area contributed by atoms with E-state index in [0.717, 1.165) is 17.4 Å². The molecular formula is C23H32N4OS. The zero-order valence-corrected chi connectivity index (χ0v) is 18.5. The van der Waals surface area contributed by atoms with Gasteiger partial charge in [-0.2, -0.15) is 0 Å². The van der Waals surface area contributed by atoms with Crippen LogP contribution >= 0.6 is 12.2 Å². The van der Waals surface area contributed by atoms with Crippen molar-refractivity contribution in [3.63, 3.8) is 0 Å². The number of ether oxygens (including phenoxy) is 1. The Morgan fingerprint density at radius 1 is 1.21 bits per heavy atom. The summed E-state index contributed by atoms with van der Waals surface area (Å²) < 4.78 is 7.71. The van der Waals surface area contributed by atoms with E-state index in [9.17, 15) is 0 Å². The third-order valence-electron chi connectivity index (χ3n) is 6.55. The number of aryl methyl sites for hydroxylation is 1. The van der Waals surface area contributed by atoms with E-state index in [4.69, 9.17) is 17.0 Å². The quantitative estimate of drug-likeness (QED) is 0.710. The van der Waals surface area contributed by atoms with Crippen LogP contribution in [0.5, 0.6) is 0 Å². The van der Waals surface area contributed by atoms with Crippen molar-refractivity contribution in [2.24, 2.45) is 0 Å². The molecule has 4 rings (SSSR count). The molecule has 2 aliphatic rings. The molecule has 1 saturated heterocycles. The first kappa shape index (κ1) is 20.4.